The highest BCUT2D eigenvalue weighted by Crippen LogP contribution is 2.23. The summed E-state index contributed by atoms with van der Waals surface area (Å²) in [6, 6.07) is 24.5. The minimum absolute atomic E-state index is 0.106. The number of nitriles is 1. The lowest BCUT2D eigenvalue weighted by Crippen LogP contribution is -2.37. The van der Waals surface area contributed by atoms with Gasteiger partial charge in [0, 0.05) is 36.9 Å². The number of hydrogen-bond acceptors (Lipinski definition) is 6. The SMILES string of the molecule is N#Cc1ccc(-c2ccc(OCCCN3CC[C@@H](NS(=O)(=O)c4ccc5ccncc5c4)C3)cc2)cc1. The average Bonchev–Trinajstić information content (AvgIpc) is 3.37. The number of hydrogen-bond donors (Lipinski definition) is 1. The van der Waals surface area contributed by atoms with Crippen LogP contribution in [-0.4, -0.2) is 50.6 Å². The van der Waals surface area contributed by atoms with Crippen LogP contribution in [-0.2, 0) is 10.0 Å². The monoisotopic (exact) mass is 512 g/mol. The van der Waals surface area contributed by atoms with Crippen molar-refractivity contribution in [2.75, 3.05) is 26.2 Å². The Morgan fingerprint density at radius 1 is 1.00 bits per heavy atom. The van der Waals surface area contributed by atoms with Gasteiger partial charge in [0.2, 0.25) is 10.0 Å². The van der Waals surface area contributed by atoms with E-state index in [0.29, 0.717) is 18.7 Å². The van der Waals surface area contributed by atoms with Crippen LogP contribution in [0.4, 0.5) is 0 Å². The molecule has 0 aliphatic carbocycles. The molecule has 5 rings (SSSR count). The largest absolute Gasteiger partial charge is 0.494 e. The number of sulfonamides is 1. The smallest absolute Gasteiger partial charge is 0.240 e. The van der Waals surface area contributed by atoms with Gasteiger partial charge in [-0.3, -0.25) is 4.98 Å². The fraction of sp³-hybridized carbons (Fsp3) is 0.241. The molecular weight excluding hydrogens is 484 g/mol. The minimum Gasteiger partial charge on any atom is -0.494 e. The molecular formula is C29H28N4O3S. The normalized spacial score (nSPS) is 16.0. The summed E-state index contributed by atoms with van der Waals surface area (Å²) in [5, 5.41) is 10.7. The first-order valence-electron chi connectivity index (χ1n) is 12.3. The number of benzene rings is 3. The Balaban J connectivity index is 1.06. The van der Waals surface area contributed by atoms with Gasteiger partial charge < -0.3 is 9.64 Å². The van der Waals surface area contributed by atoms with E-state index < -0.39 is 10.0 Å². The molecule has 37 heavy (non-hydrogen) atoms. The Morgan fingerprint density at radius 2 is 1.76 bits per heavy atom. The van der Waals surface area contributed by atoms with Gasteiger partial charge in [-0.05, 0) is 78.4 Å². The molecule has 7 nitrogen and oxygen atoms in total. The molecule has 0 bridgehead atoms. The molecule has 8 heteroatoms. The molecule has 1 saturated heterocycles. The van der Waals surface area contributed by atoms with Gasteiger partial charge in [0.1, 0.15) is 5.75 Å². The van der Waals surface area contributed by atoms with Crippen LogP contribution in [0.2, 0.25) is 0 Å². The van der Waals surface area contributed by atoms with Gasteiger partial charge in [-0.25, -0.2) is 13.1 Å². The van der Waals surface area contributed by atoms with Gasteiger partial charge in [-0.2, -0.15) is 5.26 Å². The van der Waals surface area contributed by atoms with Crippen molar-refractivity contribution >= 4 is 20.8 Å². The molecule has 0 unspecified atom stereocenters. The van der Waals surface area contributed by atoms with Crippen molar-refractivity contribution < 1.29 is 13.2 Å². The van der Waals surface area contributed by atoms with Crippen LogP contribution in [0.5, 0.6) is 5.75 Å². The molecule has 0 amide bonds. The third-order valence-corrected chi connectivity index (χ3v) is 8.12. The standard InChI is InChI=1S/C29H28N4O3S/c30-19-22-2-4-23(5-3-22)24-6-9-28(10-7-24)36-17-1-15-33-16-13-27(21-33)32-37(34,35)29-11-8-25-12-14-31-20-26(25)18-29/h2-12,14,18,20,27,32H,1,13,15-17,21H2/t27-/m1/s1. The van der Waals surface area contributed by atoms with Crippen molar-refractivity contribution in [3.63, 3.8) is 0 Å². The third-order valence-electron chi connectivity index (χ3n) is 6.61. The number of rotatable bonds is 9. The van der Waals surface area contributed by atoms with Crippen LogP contribution in [0.25, 0.3) is 21.9 Å². The van der Waals surface area contributed by atoms with Crippen molar-refractivity contribution in [2.24, 2.45) is 0 Å². The van der Waals surface area contributed by atoms with Crippen LogP contribution >= 0.6 is 0 Å². The van der Waals surface area contributed by atoms with Gasteiger partial charge in [-0.1, -0.05) is 30.3 Å². The molecule has 1 aromatic heterocycles. The molecule has 1 fully saturated rings. The summed E-state index contributed by atoms with van der Waals surface area (Å²) in [5.74, 6) is 0.815. The number of ether oxygens (including phenoxy) is 1. The van der Waals surface area contributed by atoms with E-state index >= 15 is 0 Å². The predicted octanol–water partition coefficient (Wildman–Crippen LogP) is 4.60. The highest BCUT2D eigenvalue weighted by molar-refractivity contribution is 7.89. The molecule has 1 aliphatic rings. The molecule has 1 N–H and O–H groups in total. The van der Waals surface area contributed by atoms with E-state index in [1.807, 2.05) is 60.7 Å². The Labute approximate surface area is 217 Å². The van der Waals surface area contributed by atoms with Gasteiger partial charge in [0.25, 0.3) is 0 Å². The highest BCUT2D eigenvalue weighted by atomic mass is 32.2. The van der Waals surface area contributed by atoms with Crippen molar-refractivity contribution in [1.29, 1.82) is 5.26 Å². The number of nitrogens with one attached hydrogen (secondary N) is 1. The molecule has 1 atom stereocenters. The van der Waals surface area contributed by atoms with Gasteiger partial charge >= 0.3 is 0 Å². The number of likely N-dealkylation sites (tertiary alicyclic amines) is 1. The zero-order valence-electron chi connectivity index (χ0n) is 20.4. The molecule has 0 saturated carbocycles. The summed E-state index contributed by atoms with van der Waals surface area (Å²) in [7, 11) is -3.59. The first-order chi connectivity index (χ1) is 18.0. The molecule has 2 heterocycles. The Hall–Kier alpha value is -3.77. The fourth-order valence-corrected chi connectivity index (χ4v) is 5.91. The van der Waals surface area contributed by atoms with E-state index in [-0.39, 0.29) is 10.9 Å². The van der Waals surface area contributed by atoms with Crippen LogP contribution in [0.1, 0.15) is 18.4 Å². The van der Waals surface area contributed by atoms with E-state index in [2.05, 4.69) is 20.7 Å². The van der Waals surface area contributed by atoms with Crippen LogP contribution in [0, 0.1) is 11.3 Å². The average molecular weight is 513 g/mol. The maximum absolute atomic E-state index is 12.9. The number of nitrogens with zero attached hydrogens (tertiary/aromatic N) is 3. The first-order valence-corrected chi connectivity index (χ1v) is 13.8. The molecule has 188 valence electrons. The lowest BCUT2D eigenvalue weighted by atomic mass is 10.0. The maximum atomic E-state index is 12.9. The van der Waals surface area contributed by atoms with E-state index in [9.17, 15) is 8.42 Å². The van der Waals surface area contributed by atoms with Crippen LogP contribution < -0.4 is 9.46 Å². The van der Waals surface area contributed by atoms with Crippen molar-refractivity contribution in [1.82, 2.24) is 14.6 Å². The number of fused-ring (bicyclic) bond motifs is 1. The highest BCUT2D eigenvalue weighted by Gasteiger charge is 2.27. The fourth-order valence-electron chi connectivity index (χ4n) is 4.61. The molecule has 3 aromatic carbocycles. The summed E-state index contributed by atoms with van der Waals surface area (Å²) in [5.41, 5.74) is 2.78. The Bertz CT molecular complexity index is 1510. The lowest BCUT2D eigenvalue weighted by Gasteiger charge is -2.17. The Morgan fingerprint density at radius 3 is 2.51 bits per heavy atom. The van der Waals surface area contributed by atoms with Crippen molar-refractivity contribution in [3.8, 4) is 22.9 Å². The van der Waals surface area contributed by atoms with E-state index in [4.69, 9.17) is 10.00 Å². The van der Waals surface area contributed by atoms with Crippen LogP contribution in [0.15, 0.2) is 90.1 Å². The van der Waals surface area contributed by atoms with Gasteiger partial charge in [0.05, 0.1) is 23.1 Å². The summed E-state index contributed by atoms with van der Waals surface area (Å²) in [6.45, 7) is 2.99. The summed E-state index contributed by atoms with van der Waals surface area (Å²) in [4.78, 5) is 6.63. The van der Waals surface area contributed by atoms with Crippen molar-refractivity contribution in [3.05, 3.63) is 90.8 Å². The summed E-state index contributed by atoms with van der Waals surface area (Å²) >= 11 is 0. The van der Waals surface area contributed by atoms with Crippen molar-refractivity contribution in [2.45, 2.75) is 23.8 Å². The minimum atomic E-state index is -3.59. The Kier molecular flexibility index (Phi) is 7.47. The second-order valence-electron chi connectivity index (χ2n) is 9.21. The van der Waals surface area contributed by atoms with Crippen LogP contribution in [0.3, 0.4) is 0 Å². The summed E-state index contributed by atoms with van der Waals surface area (Å²) < 4.78 is 34.6. The quantitative estimate of drug-likeness (QED) is 0.330. The third kappa shape index (κ3) is 6.15. The zero-order valence-corrected chi connectivity index (χ0v) is 21.2. The second-order valence-corrected chi connectivity index (χ2v) is 10.9. The van der Waals surface area contributed by atoms with E-state index in [0.717, 1.165) is 53.6 Å². The molecule has 0 radical (unpaired) electrons. The number of aromatic nitrogens is 1. The molecule has 4 aromatic rings. The maximum Gasteiger partial charge on any atom is 0.240 e. The summed E-state index contributed by atoms with van der Waals surface area (Å²) in [6.07, 6.45) is 5.01. The topological polar surface area (TPSA) is 95.3 Å². The predicted molar refractivity (Wildman–Crippen MR) is 144 cm³/mol. The molecule has 0 spiro atoms. The lowest BCUT2D eigenvalue weighted by molar-refractivity contribution is 0.261. The number of pyridine rings is 1. The second kappa shape index (κ2) is 11.1. The van der Waals surface area contributed by atoms with Gasteiger partial charge in [0.15, 0.2) is 0 Å². The van der Waals surface area contributed by atoms with E-state index in [1.54, 1.807) is 24.5 Å². The van der Waals surface area contributed by atoms with E-state index in [1.165, 1.54) is 0 Å². The zero-order chi connectivity index (χ0) is 25.7. The first kappa shape index (κ1) is 24.9. The van der Waals surface area contributed by atoms with Gasteiger partial charge in [-0.15, -0.1) is 0 Å². The molecule has 1 aliphatic heterocycles.